The van der Waals surface area contributed by atoms with Crippen molar-refractivity contribution in [2.24, 2.45) is 0 Å². The fourth-order valence-electron chi connectivity index (χ4n) is 2.63. The fraction of sp³-hybridized carbons (Fsp3) is 0.0476. The average Bonchev–Trinajstić information content (AvgIpc) is 3.14. The van der Waals surface area contributed by atoms with Crippen molar-refractivity contribution in [1.29, 1.82) is 5.26 Å². The van der Waals surface area contributed by atoms with Crippen LogP contribution in [0.15, 0.2) is 70.7 Å². The molecule has 1 aromatic heterocycles. The van der Waals surface area contributed by atoms with Gasteiger partial charge >= 0.3 is 0 Å². The molecule has 0 aliphatic rings. The molecule has 28 heavy (non-hydrogen) atoms. The summed E-state index contributed by atoms with van der Waals surface area (Å²) in [4.78, 5) is 23.0. The molecular formula is C21H15N3O4. The van der Waals surface area contributed by atoms with Crippen molar-refractivity contribution in [3.8, 4) is 17.4 Å². The molecule has 0 saturated heterocycles. The van der Waals surface area contributed by atoms with Gasteiger partial charge in [-0.25, -0.2) is 0 Å². The van der Waals surface area contributed by atoms with Crippen molar-refractivity contribution in [2.45, 2.75) is 6.92 Å². The summed E-state index contributed by atoms with van der Waals surface area (Å²) >= 11 is 0. The van der Waals surface area contributed by atoms with E-state index in [0.717, 1.165) is 5.56 Å². The Kier molecular flexibility index (Phi) is 5.33. The zero-order valence-electron chi connectivity index (χ0n) is 14.9. The molecule has 3 aromatic rings. The second kappa shape index (κ2) is 8.01. The summed E-state index contributed by atoms with van der Waals surface area (Å²) in [5.41, 5.74) is 1.62. The highest BCUT2D eigenvalue weighted by atomic mass is 16.6. The van der Waals surface area contributed by atoms with Gasteiger partial charge in [-0.3, -0.25) is 14.9 Å². The number of furan rings is 1. The molecule has 1 N–H and O–H groups in total. The molecule has 0 bridgehead atoms. The first-order valence-electron chi connectivity index (χ1n) is 8.31. The molecule has 0 spiro atoms. The smallest absolute Gasteiger partial charge is 0.280 e. The number of amides is 1. The Hall–Kier alpha value is -4.18. The van der Waals surface area contributed by atoms with Crippen LogP contribution in [0.1, 0.15) is 11.3 Å². The Bertz CT molecular complexity index is 1120. The molecule has 0 fully saturated rings. The molecule has 2 aromatic carbocycles. The van der Waals surface area contributed by atoms with E-state index >= 15 is 0 Å². The molecule has 1 heterocycles. The lowest BCUT2D eigenvalue weighted by molar-refractivity contribution is -0.384. The van der Waals surface area contributed by atoms with Gasteiger partial charge in [-0.15, -0.1) is 0 Å². The molecule has 0 atom stereocenters. The van der Waals surface area contributed by atoms with E-state index in [-0.39, 0.29) is 22.8 Å². The minimum Gasteiger partial charge on any atom is -0.456 e. The topological polar surface area (TPSA) is 109 Å². The highest BCUT2D eigenvalue weighted by Gasteiger charge is 2.17. The Labute approximate surface area is 160 Å². The first-order valence-corrected chi connectivity index (χ1v) is 8.31. The Morgan fingerprint density at radius 2 is 1.96 bits per heavy atom. The maximum Gasteiger partial charge on any atom is 0.280 e. The van der Waals surface area contributed by atoms with Gasteiger partial charge in [0, 0.05) is 17.8 Å². The molecule has 0 aliphatic carbocycles. The predicted octanol–water partition coefficient (Wildman–Crippen LogP) is 4.71. The lowest BCUT2D eigenvalue weighted by atomic mass is 10.1. The van der Waals surface area contributed by atoms with E-state index in [0.29, 0.717) is 11.3 Å². The number of hydrogen-bond donors (Lipinski definition) is 1. The van der Waals surface area contributed by atoms with Gasteiger partial charge in [-0.05, 0) is 42.8 Å². The zero-order valence-corrected chi connectivity index (χ0v) is 14.9. The SMILES string of the molecule is Cc1cccc(NC(=O)C(C#N)=Cc2ccc(-c3ccccc3[N+](=O)[O-])o2)c1. The molecule has 0 unspecified atom stereocenters. The van der Waals surface area contributed by atoms with E-state index in [9.17, 15) is 20.2 Å². The van der Waals surface area contributed by atoms with E-state index < -0.39 is 10.8 Å². The normalized spacial score (nSPS) is 10.9. The maximum absolute atomic E-state index is 12.3. The van der Waals surface area contributed by atoms with Crippen molar-refractivity contribution in [2.75, 3.05) is 5.32 Å². The van der Waals surface area contributed by atoms with Crippen LogP contribution in [0.3, 0.4) is 0 Å². The van der Waals surface area contributed by atoms with Crippen molar-refractivity contribution >= 4 is 23.4 Å². The molecule has 0 radical (unpaired) electrons. The summed E-state index contributed by atoms with van der Waals surface area (Å²) < 4.78 is 5.60. The Morgan fingerprint density at radius 3 is 2.68 bits per heavy atom. The van der Waals surface area contributed by atoms with Crippen LogP contribution >= 0.6 is 0 Å². The minimum atomic E-state index is -0.572. The van der Waals surface area contributed by atoms with Gasteiger partial charge in [0.2, 0.25) is 0 Å². The number of carbonyl (C=O) groups is 1. The fourth-order valence-corrected chi connectivity index (χ4v) is 2.63. The van der Waals surface area contributed by atoms with Gasteiger partial charge in [0.05, 0.1) is 10.5 Å². The van der Waals surface area contributed by atoms with Gasteiger partial charge in [-0.2, -0.15) is 5.26 Å². The molecular weight excluding hydrogens is 358 g/mol. The number of rotatable bonds is 5. The summed E-state index contributed by atoms with van der Waals surface area (Å²) in [7, 11) is 0. The van der Waals surface area contributed by atoms with Crippen LogP contribution in [-0.2, 0) is 4.79 Å². The largest absolute Gasteiger partial charge is 0.456 e. The van der Waals surface area contributed by atoms with E-state index in [2.05, 4.69) is 5.32 Å². The summed E-state index contributed by atoms with van der Waals surface area (Å²) in [5.74, 6) is -0.0595. The second-order valence-electron chi connectivity index (χ2n) is 5.97. The molecule has 7 heteroatoms. The minimum absolute atomic E-state index is 0.0925. The summed E-state index contributed by atoms with van der Waals surface area (Å²) in [6.45, 7) is 1.89. The van der Waals surface area contributed by atoms with Crippen LogP contribution in [0.25, 0.3) is 17.4 Å². The van der Waals surface area contributed by atoms with Crippen molar-refractivity contribution in [3.05, 3.63) is 87.7 Å². The first kappa shape index (κ1) is 18.6. The number of anilines is 1. The highest BCUT2D eigenvalue weighted by molar-refractivity contribution is 6.09. The quantitative estimate of drug-likeness (QED) is 0.301. The summed E-state index contributed by atoms with van der Waals surface area (Å²) in [5, 5.41) is 23.1. The van der Waals surface area contributed by atoms with E-state index in [1.165, 1.54) is 12.1 Å². The number of nitrogens with one attached hydrogen (secondary N) is 1. The van der Waals surface area contributed by atoms with Crippen LogP contribution in [-0.4, -0.2) is 10.8 Å². The van der Waals surface area contributed by atoms with Crippen molar-refractivity contribution in [1.82, 2.24) is 0 Å². The van der Waals surface area contributed by atoms with E-state index in [4.69, 9.17) is 4.42 Å². The molecule has 1 amide bonds. The van der Waals surface area contributed by atoms with Crippen LogP contribution in [0.5, 0.6) is 0 Å². The van der Waals surface area contributed by atoms with Gasteiger partial charge in [0.25, 0.3) is 11.6 Å². The average molecular weight is 373 g/mol. The lowest BCUT2D eigenvalue weighted by Gasteiger charge is -2.04. The van der Waals surface area contributed by atoms with Crippen LogP contribution in [0.4, 0.5) is 11.4 Å². The number of carbonyl (C=O) groups excluding carboxylic acids is 1. The molecule has 3 rings (SSSR count). The van der Waals surface area contributed by atoms with Crippen LogP contribution < -0.4 is 5.32 Å². The highest BCUT2D eigenvalue weighted by Crippen LogP contribution is 2.31. The number of nitriles is 1. The zero-order chi connectivity index (χ0) is 20.1. The van der Waals surface area contributed by atoms with Gasteiger partial charge in [0.15, 0.2) is 0 Å². The molecule has 7 nitrogen and oxygen atoms in total. The monoisotopic (exact) mass is 373 g/mol. The maximum atomic E-state index is 12.3. The van der Waals surface area contributed by atoms with Crippen molar-refractivity contribution in [3.63, 3.8) is 0 Å². The number of hydrogen-bond acceptors (Lipinski definition) is 5. The molecule has 0 saturated carbocycles. The van der Waals surface area contributed by atoms with Crippen LogP contribution in [0.2, 0.25) is 0 Å². The number of benzene rings is 2. The molecule has 138 valence electrons. The first-order chi connectivity index (χ1) is 13.5. The van der Waals surface area contributed by atoms with Crippen LogP contribution in [0, 0.1) is 28.4 Å². The number of aryl methyl sites for hydroxylation is 1. The lowest BCUT2D eigenvalue weighted by Crippen LogP contribution is -2.13. The summed E-state index contributed by atoms with van der Waals surface area (Å²) in [6.07, 6.45) is 1.30. The van der Waals surface area contributed by atoms with Gasteiger partial charge < -0.3 is 9.73 Å². The van der Waals surface area contributed by atoms with Crippen molar-refractivity contribution < 1.29 is 14.1 Å². The van der Waals surface area contributed by atoms with Gasteiger partial charge in [0.1, 0.15) is 23.2 Å². The second-order valence-corrected chi connectivity index (χ2v) is 5.97. The van der Waals surface area contributed by atoms with E-state index in [1.807, 2.05) is 19.1 Å². The summed E-state index contributed by atoms with van der Waals surface area (Å²) in [6, 6.07) is 18.3. The number of nitrogens with zero attached hydrogens (tertiary/aromatic N) is 2. The predicted molar refractivity (Wildman–Crippen MR) is 104 cm³/mol. The standard InChI is InChI=1S/C21H15N3O4/c1-14-5-4-6-16(11-14)23-21(25)15(13-22)12-17-9-10-20(28-17)18-7-2-3-8-19(18)24(26)27/h2-12H,1H3,(H,23,25). The number of nitro groups is 1. The van der Waals surface area contributed by atoms with E-state index in [1.54, 1.807) is 48.5 Å². The molecule has 0 aliphatic heterocycles. The number of nitro benzene ring substituents is 1. The Balaban J connectivity index is 1.86. The third kappa shape index (κ3) is 4.14. The Morgan fingerprint density at radius 1 is 1.18 bits per heavy atom. The third-order valence-corrected chi connectivity index (χ3v) is 3.92. The number of para-hydroxylation sites is 1. The third-order valence-electron chi connectivity index (χ3n) is 3.92. The van der Waals surface area contributed by atoms with Gasteiger partial charge in [-0.1, -0.05) is 24.3 Å².